The molecule has 7 heteroatoms. The summed E-state index contributed by atoms with van der Waals surface area (Å²) in [4.78, 5) is 12.5. The number of ether oxygens (including phenoxy) is 2. The van der Waals surface area contributed by atoms with Gasteiger partial charge in [0.15, 0.2) is 11.5 Å². The number of nitrogens with one attached hydrogen (secondary N) is 1. The molecule has 0 saturated carbocycles. The SMILES string of the molecule is COc1ccc(CCNC(=O)c2ccc(SC(F)F)cc2)cc1OC. The highest BCUT2D eigenvalue weighted by Crippen LogP contribution is 2.27. The number of alkyl halides is 2. The maximum absolute atomic E-state index is 12.3. The number of amides is 1. The van der Waals surface area contributed by atoms with Gasteiger partial charge in [-0.2, -0.15) is 8.78 Å². The Hall–Kier alpha value is -2.28. The van der Waals surface area contributed by atoms with Crippen molar-refractivity contribution in [1.29, 1.82) is 0 Å². The van der Waals surface area contributed by atoms with Gasteiger partial charge in [-0.05, 0) is 48.4 Å². The number of rotatable bonds is 8. The largest absolute Gasteiger partial charge is 0.493 e. The average molecular weight is 367 g/mol. The quantitative estimate of drug-likeness (QED) is 0.717. The fourth-order valence-electron chi connectivity index (χ4n) is 2.25. The van der Waals surface area contributed by atoms with Crippen molar-refractivity contribution in [2.75, 3.05) is 20.8 Å². The average Bonchev–Trinajstić information content (AvgIpc) is 2.61. The van der Waals surface area contributed by atoms with Crippen molar-refractivity contribution in [3.63, 3.8) is 0 Å². The van der Waals surface area contributed by atoms with E-state index in [1.54, 1.807) is 14.2 Å². The monoisotopic (exact) mass is 367 g/mol. The summed E-state index contributed by atoms with van der Waals surface area (Å²) in [5.74, 6) is -1.43. The molecule has 2 aromatic rings. The standard InChI is InChI=1S/C18H19F2NO3S/c1-23-15-8-3-12(11-16(15)24-2)9-10-21-17(22)13-4-6-14(7-5-13)25-18(19)20/h3-8,11,18H,9-10H2,1-2H3,(H,21,22). The summed E-state index contributed by atoms with van der Waals surface area (Å²) in [6, 6.07) is 11.7. The van der Waals surface area contributed by atoms with E-state index in [9.17, 15) is 13.6 Å². The van der Waals surface area contributed by atoms with Crippen molar-refractivity contribution < 1.29 is 23.0 Å². The zero-order valence-electron chi connectivity index (χ0n) is 13.9. The Morgan fingerprint density at radius 3 is 2.36 bits per heavy atom. The molecule has 0 fully saturated rings. The number of carbonyl (C=O) groups is 1. The van der Waals surface area contributed by atoms with E-state index in [-0.39, 0.29) is 5.91 Å². The van der Waals surface area contributed by atoms with Gasteiger partial charge < -0.3 is 14.8 Å². The lowest BCUT2D eigenvalue weighted by molar-refractivity contribution is 0.0954. The molecule has 0 aromatic heterocycles. The molecule has 0 heterocycles. The predicted molar refractivity (Wildman–Crippen MR) is 93.9 cm³/mol. The van der Waals surface area contributed by atoms with Gasteiger partial charge >= 0.3 is 0 Å². The van der Waals surface area contributed by atoms with E-state index in [0.717, 1.165) is 5.56 Å². The Kier molecular flexibility index (Phi) is 7.06. The lowest BCUT2D eigenvalue weighted by atomic mass is 10.1. The van der Waals surface area contributed by atoms with Gasteiger partial charge in [0.05, 0.1) is 14.2 Å². The van der Waals surface area contributed by atoms with Crippen LogP contribution in [0.5, 0.6) is 11.5 Å². The van der Waals surface area contributed by atoms with E-state index < -0.39 is 5.76 Å². The molecule has 0 radical (unpaired) electrons. The smallest absolute Gasteiger partial charge is 0.288 e. The molecule has 4 nitrogen and oxygen atoms in total. The number of thioether (sulfide) groups is 1. The van der Waals surface area contributed by atoms with Gasteiger partial charge in [0, 0.05) is 17.0 Å². The molecule has 0 aliphatic heterocycles. The Bertz CT molecular complexity index is 708. The van der Waals surface area contributed by atoms with Gasteiger partial charge in [0.2, 0.25) is 0 Å². The van der Waals surface area contributed by atoms with E-state index in [4.69, 9.17) is 9.47 Å². The summed E-state index contributed by atoms with van der Waals surface area (Å²) in [6.07, 6.45) is 0.630. The molecule has 1 amide bonds. The number of benzene rings is 2. The van der Waals surface area contributed by atoms with E-state index in [2.05, 4.69) is 5.32 Å². The molecule has 0 atom stereocenters. The van der Waals surface area contributed by atoms with Crippen LogP contribution in [-0.2, 0) is 6.42 Å². The first-order chi connectivity index (χ1) is 12.0. The number of hydrogen-bond donors (Lipinski definition) is 1. The molecule has 25 heavy (non-hydrogen) atoms. The van der Waals surface area contributed by atoms with Gasteiger partial charge in [-0.25, -0.2) is 0 Å². The van der Waals surface area contributed by atoms with Crippen molar-refractivity contribution in [2.24, 2.45) is 0 Å². The first-order valence-electron chi connectivity index (χ1n) is 7.57. The molecule has 2 aromatic carbocycles. The van der Waals surface area contributed by atoms with Crippen LogP contribution in [0.2, 0.25) is 0 Å². The molecular formula is C18H19F2NO3S. The molecular weight excluding hydrogens is 348 g/mol. The van der Waals surface area contributed by atoms with Gasteiger partial charge in [-0.1, -0.05) is 17.8 Å². The lowest BCUT2D eigenvalue weighted by Crippen LogP contribution is -2.25. The number of carbonyl (C=O) groups excluding carboxylic acids is 1. The molecule has 0 aliphatic rings. The summed E-state index contributed by atoms with van der Waals surface area (Å²) in [6.45, 7) is 0.446. The zero-order valence-corrected chi connectivity index (χ0v) is 14.7. The molecule has 0 saturated heterocycles. The topological polar surface area (TPSA) is 47.6 Å². The lowest BCUT2D eigenvalue weighted by Gasteiger charge is -2.10. The van der Waals surface area contributed by atoms with Crippen LogP contribution in [0.4, 0.5) is 8.78 Å². The first-order valence-corrected chi connectivity index (χ1v) is 8.45. The maximum atomic E-state index is 12.3. The van der Waals surface area contributed by atoms with Crippen LogP contribution in [0.25, 0.3) is 0 Å². The summed E-state index contributed by atoms with van der Waals surface area (Å²) in [7, 11) is 3.14. The van der Waals surface area contributed by atoms with Crippen molar-refractivity contribution >= 4 is 17.7 Å². The fraction of sp³-hybridized carbons (Fsp3) is 0.278. The normalized spacial score (nSPS) is 10.6. The number of methoxy groups -OCH3 is 2. The second-order valence-corrected chi connectivity index (χ2v) is 6.16. The van der Waals surface area contributed by atoms with E-state index in [1.807, 2.05) is 18.2 Å². The molecule has 0 spiro atoms. The minimum absolute atomic E-state index is 0.242. The highest BCUT2D eigenvalue weighted by Gasteiger charge is 2.09. The van der Waals surface area contributed by atoms with Gasteiger partial charge in [-0.15, -0.1) is 0 Å². The van der Waals surface area contributed by atoms with E-state index in [1.165, 1.54) is 24.3 Å². The minimum atomic E-state index is -2.47. The van der Waals surface area contributed by atoms with Crippen molar-refractivity contribution in [3.8, 4) is 11.5 Å². The Morgan fingerprint density at radius 2 is 1.76 bits per heavy atom. The Labute approximate surface area is 149 Å². The van der Waals surface area contributed by atoms with Crippen LogP contribution in [-0.4, -0.2) is 32.4 Å². The second-order valence-electron chi connectivity index (χ2n) is 5.10. The summed E-state index contributed by atoms with van der Waals surface area (Å²) >= 11 is 0.453. The molecule has 0 bridgehead atoms. The third kappa shape index (κ3) is 5.63. The van der Waals surface area contributed by atoms with Crippen LogP contribution in [0.3, 0.4) is 0 Å². The van der Waals surface area contributed by atoms with E-state index >= 15 is 0 Å². The van der Waals surface area contributed by atoms with Crippen LogP contribution in [0.15, 0.2) is 47.4 Å². The predicted octanol–water partition coefficient (Wildman–Crippen LogP) is 3.99. The van der Waals surface area contributed by atoms with Gasteiger partial charge in [-0.3, -0.25) is 4.79 Å². The number of hydrogen-bond acceptors (Lipinski definition) is 4. The molecule has 0 aliphatic carbocycles. The molecule has 134 valence electrons. The zero-order chi connectivity index (χ0) is 18.2. The highest BCUT2D eigenvalue weighted by atomic mass is 32.2. The van der Waals surface area contributed by atoms with Crippen LogP contribution in [0.1, 0.15) is 15.9 Å². The van der Waals surface area contributed by atoms with Gasteiger partial charge in [0.1, 0.15) is 0 Å². The van der Waals surface area contributed by atoms with Crippen LogP contribution in [0, 0.1) is 0 Å². The van der Waals surface area contributed by atoms with Crippen molar-refractivity contribution in [3.05, 3.63) is 53.6 Å². The van der Waals surface area contributed by atoms with E-state index in [0.29, 0.717) is 46.7 Å². The third-order valence-electron chi connectivity index (χ3n) is 3.49. The summed E-state index contributed by atoms with van der Waals surface area (Å²) < 4.78 is 35.0. The maximum Gasteiger partial charge on any atom is 0.288 e. The molecule has 1 N–H and O–H groups in total. The van der Waals surface area contributed by atoms with Crippen LogP contribution < -0.4 is 14.8 Å². The minimum Gasteiger partial charge on any atom is -0.493 e. The Morgan fingerprint density at radius 1 is 1.08 bits per heavy atom. The number of halogens is 2. The summed E-state index contributed by atoms with van der Waals surface area (Å²) in [5, 5.41) is 2.81. The first kappa shape index (κ1) is 19.1. The van der Waals surface area contributed by atoms with Crippen LogP contribution >= 0.6 is 11.8 Å². The fourth-order valence-corrected chi connectivity index (χ4v) is 2.75. The van der Waals surface area contributed by atoms with Crippen molar-refractivity contribution in [1.82, 2.24) is 5.32 Å². The van der Waals surface area contributed by atoms with Gasteiger partial charge in [0.25, 0.3) is 11.7 Å². The Balaban J connectivity index is 1.88. The highest BCUT2D eigenvalue weighted by molar-refractivity contribution is 7.99. The van der Waals surface area contributed by atoms with Crippen molar-refractivity contribution in [2.45, 2.75) is 17.1 Å². The summed E-state index contributed by atoms with van der Waals surface area (Å²) in [5.41, 5.74) is 1.44. The second kappa shape index (κ2) is 9.27. The molecule has 0 unspecified atom stereocenters. The molecule has 2 rings (SSSR count). The third-order valence-corrected chi connectivity index (χ3v) is 4.21.